The maximum atomic E-state index is 13.0. The van der Waals surface area contributed by atoms with Crippen molar-refractivity contribution in [2.45, 2.75) is 13.0 Å². The Kier molecular flexibility index (Phi) is 6.67. The van der Waals surface area contributed by atoms with Crippen LogP contribution in [0.1, 0.15) is 11.3 Å². The van der Waals surface area contributed by atoms with E-state index in [1.807, 2.05) is 24.3 Å². The van der Waals surface area contributed by atoms with Crippen LogP contribution < -0.4 is 20.5 Å². The first-order valence-corrected chi connectivity index (χ1v) is 9.14. The van der Waals surface area contributed by atoms with Gasteiger partial charge in [-0.15, -0.1) is 0 Å². The van der Waals surface area contributed by atoms with Gasteiger partial charge in [0.25, 0.3) is 0 Å². The SMILES string of the molecule is COc1ccc(CCNC(N)=NCc2ccn(-c3ccc(F)cc3)n2)cc1OC. The van der Waals surface area contributed by atoms with Gasteiger partial charge in [-0.3, -0.25) is 0 Å². The minimum Gasteiger partial charge on any atom is -0.493 e. The molecule has 0 aliphatic rings. The van der Waals surface area contributed by atoms with Crippen molar-refractivity contribution in [3.8, 4) is 17.2 Å². The largest absolute Gasteiger partial charge is 0.493 e. The van der Waals surface area contributed by atoms with Crippen LogP contribution in [-0.4, -0.2) is 36.5 Å². The molecule has 0 amide bonds. The summed E-state index contributed by atoms with van der Waals surface area (Å²) in [4.78, 5) is 4.31. The van der Waals surface area contributed by atoms with Gasteiger partial charge >= 0.3 is 0 Å². The predicted molar refractivity (Wildman–Crippen MR) is 110 cm³/mol. The number of nitrogens with two attached hydrogens (primary N) is 1. The first-order valence-electron chi connectivity index (χ1n) is 9.14. The molecule has 3 N–H and O–H groups in total. The zero-order valence-corrected chi connectivity index (χ0v) is 16.4. The Bertz CT molecular complexity index is 969. The molecule has 3 rings (SSSR count). The van der Waals surface area contributed by atoms with Crippen molar-refractivity contribution in [2.24, 2.45) is 10.7 Å². The zero-order valence-electron chi connectivity index (χ0n) is 16.4. The molecule has 0 spiro atoms. The number of hydrogen-bond acceptors (Lipinski definition) is 4. The van der Waals surface area contributed by atoms with Crippen molar-refractivity contribution in [3.05, 3.63) is 71.8 Å². The first-order chi connectivity index (χ1) is 14.1. The number of nitrogens with zero attached hydrogens (tertiary/aromatic N) is 3. The number of guanidine groups is 1. The van der Waals surface area contributed by atoms with Crippen LogP contribution in [0.5, 0.6) is 11.5 Å². The highest BCUT2D eigenvalue weighted by Crippen LogP contribution is 2.27. The lowest BCUT2D eigenvalue weighted by atomic mass is 10.1. The molecule has 0 radical (unpaired) electrons. The molecule has 3 aromatic rings. The first kappa shape index (κ1) is 20.2. The van der Waals surface area contributed by atoms with E-state index in [9.17, 15) is 4.39 Å². The van der Waals surface area contributed by atoms with Gasteiger partial charge in [0.2, 0.25) is 0 Å². The van der Waals surface area contributed by atoms with Crippen LogP contribution in [0, 0.1) is 5.82 Å². The second-order valence-corrected chi connectivity index (χ2v) is 6.30. The third-order valence-corrected chi connectivity index (χ3v) is 4.31. The maximum Gasteiger partial charge on any atom is 0.188 e. The lowest BCUT2D eigenvalue weighted by Gasteiger charge is -2.10. The normalized spacial score (nSPS) is 11.3. The highest BCUT2D eigenvalue weighted by Gasteiger charge is 2.05. The van der Waals surface area contributed by atoms with E-state index in [0.29, 0.717) is 30.5 Å². The number of halogens is 1. The van der Waals surface area contributed by atoms with Crippen molar-refractivity contribution >= 4 is 5.96 Å². The highest BCUT2D eigenvalue weighted by atomic mass is 19.1. The molecule has 8 heteroatoms. The van der Waals surface area contributed by atoms with Crippen LogP contribution in [0.3, 0.4) is 0 Å². The van der Waals surface area contributed by atoms with Gasteiger partial charge < -0.3 is 20.5 Å². The Balaban J connectivity index is 1.50. The van der Waals surface area contributed by atoms with E-state index in [4.69, 9.17) is 15.2 Å². The summed E-state index contributed by atoms with van der Waals surface area (Å²) in [5, 5.41) is 7.52. The Morgan fingerprint density at radius 2 is 1.86 bits per heavy atom. The maximum absolute atomic E-state index is 13.0. The Morgan fingerprint density at radius 1 is 1.10 bits per heavy atom. The molecule has 0 fully saturated rings. The topological polar surface area (TPSA) is 86.7 Å². The van der Waals surface area contributed by atoms with Gasteiger partial charge in [0.05, 0.1) is 32.1 Å². The van der Waals surface area contributed by atoms with Crippen LogP contribution >= 0.6 is 0 Å². The molecule has 0 atom stereocenters. The quantitative estimate of drug-likeness (QED) is 0.451. The molecule has 0 saturated heterocycles. The third-order valence-electron chi connectivity index (χ3n) is 4.31. The van der Waals surface area contributed by atoms with Gasteiger partial charge in [0, 0.05) is 12.7 Å². The summed E-state index contributed by atoms with van der Waals surface area (Å²) in [7, 11) is 3.22. The lowest BCUT2D eigenvalue weighted by molar-refractivity contribution is 0.354. The minimum absolute atomic E-state index is 0.280. The average Bonchev–Trinajstić information content (AvgIpc) is 3.21. The molecule has 7 nitrogen and oxygen atoms in total. The van der Waals surface area contributed by atoms with E-state index in [2.05, 4.69) is 15.4 Å². The van der Waals surface area contributed by atoms with Crippen molar-refractivity contribution in [1.29, 1.82) is 0 Å². The minimum atomic E-state index is -0.280. The molecule has 0 aliphatic heterocycles. The van der Waals surface area contributed by atoms with Crippen molar-refractivity contribution in [3.63, 3.8) is 0 Å². The monoisotopic (exact) mass is 397 g/mol. The summed E-state index contributed by atoms with van der Waals surface area (Å²) in [6.45, 7) is 0.984. The van der Waals surface area contributed by atoms with E-state index < -0.39 is 0 Å². The molecule has 2 aromatic carbocycles. The molecule has 152 valence electrons. The second kappa shape index (κ2) is 9.59. The van der Waals surface area contributed by atoms with Gasteiger partial charge in [0.15, 0.2) is 17.5 Å². The fourth-order valence-electron chi connectivity index (χ4n) is 2.78. The fraction of sp³-hybridized carbons (Fsp3) is 0.238. The summed E-state index contributed by atoms with van der Waals surface area (Å²) in [5.41, 5.74) is 8.58. The molecule has 1 aromatic heterocycles. The zero-order chi connectivity index (χ0) is 20.6. The van der Waals surface area contributed by atoms with E-state index in [1.54, 1.807) is 37.2 Å². The standard InChI is InChI=1S/C21H24FN5O2/c1-28-19-8-3-15(13-20(19)29-2)9-11-24-21(23)25-14-17-10-12-27(26-17)18-6-4-16(22)5-7-18/h3-8,10,12-13H,9,11,14H2,1-2H3,(H3,23,24,25). The molecule has 29 heavy (non-hydrogen) atoms. The number of ether oxygens (including phenoxy) is 2. The Labute approximate surface area is 169 Å². The second-order valence-electron chi connectivity index (χ2n) is 6.30. The summed E-state index contributed by atoms with van der Waals surface area (Å²) in [6.07, 6.45) is 2.56. The molecule has 0 bridgehead atoms. The molecular formula is C21H24FN5O2. The predicted octanol–water partition coefficient (Wildman–Crippen LogP) is 2.68. The third kappa shape index (κ3) is 5.47. The van der Waals surface area contributed by atoms with Crippen LogP contribution in [0.15, 0.2) is 59.7 Å². The van der Waals surface area contributed by atoms with Gasteiger partial charge in [-0.2, -0.15) is 5.10 Å². The molecular weight excluding hydrogens is 373 g/mol. The summed E-state index contributed by atoms with van der Waals surface area (Å²) in [5.74, 6) is 1.47. The number of nitrogens with one attached hydrogen (secondary N) is 1. The van der Waals surface area contributed by atoms with Crippen molar-refractivity contribution in [2.75, 3.05) is 20.8 Å². The van der Waals surface area contributed by atoms with Crippen molar-refractivity contribution in [1.82, 2.24) is 15.1 Å². The molecule has 0 saturated carbocycles. The average molecular weight is 397 g/mol. The Morgan fingerprint density at radius 3 is 2.59 bits per heavy atom. The lowest BCUT2D eigenvalue weighted by Crippen LogP contribution is -2.33. The summed E-state index contributed by atoms with van der Waals surface area (Å²) >= 11 is 0. The Hall–Kier alpha value is -3.55. The van der Waals surface area contributed by atoms with E-state index >= 15 is 0 Å². The van der Waals surface area contributed by atoms with Crippen LogP contribution in [0.25, 0.3) is 5.69 Å². The summed E-state index contributed by atoms with van der Waals surface area (Å²) in [6, 6.07) is 13.8. The molecule has 0 aliphatic carbocycles. The van der Waals surface area contributed by atoms with Crippen LogP contribution in [0.4, 0.5) is 4.39 Å². The molecule has 1 heterocycles. The van der Waals surface area contributed by atoms with E-state index in [1.165, 1.54) is 12.1 Å². The number of benzene rings is 2. The van der Waals surface area contributed by atoms with Gasteiger partial charge in [-0.05, 0) is 54.4 Å². The van der Waals surface area contributed by atoms with Crippen LogP contribution in [-0.2, 0) is 13.0 Å². The smallest absolute Gasteiger partial charge is 0.188 e. The number of rotatable bonds is 8. The number of aliphatic imine (C=N–C) groups is 1. The number of methoxy groups -OCH3 is 2. The van der Waals surface area contributed by atoms with Gasteiger partial charge in [-0.25, -0.2) is 14.1 Å². The highest BCUT2D eigenvalue weighted by molar-refractivity contribution is 5.77. The fourth-order valence-corrected chi connectivity index (χ4v) is 2.78. The number of hydrogen-bond donors (Lipinski definition) is 2. The van der Waals surface area contributed by atoms with E-state index in [0.717, 1.165) is 23.4 Å². The molecule has 0 unspecified atom stereocenters. The van der Waals surface area contributed by atoms with Crippen molar-refractivity contribution < 1.29 is 13.9 Å². The number of aromatic nitrogens is 2. The van der Waals surface area contributed by atoms with E-state index in [-0.39, 0.29) is 5.82 Å². The van der Waals surface area contributed by atoms with Crippen LogP contribution in [0.2, 0.25) is 0 Å². The van der Waals surface area contributed by atoms with Gasteiger partial charge in [0.1, 0.15) is 5.82 Å². The summed E-state index contributed by atoms with van der Waals surface area (Å²) < 4.78 is 25.2. The van der Waals surface area contributed by atoms with Gasteiger partial charge in [-0.1, -0.05) is 6.07 Å².